The average molecular weight is 373 g/mol. The van der Waals surface area contributed by atoms with Crippen LogP contribution in [0.2, 0.25) is 0 Å². The SMILES string of the molecule is CN1CCN(CCCNC(=O)C(=O)NC2C(=O)N(C)c3ccccc32)CC1. The minimum absolute atomic E-state index is 0.243. The van der Waals surface area contributed by atoms with E-state index in [9.17, 15) is 14.4 Å². The maximum Gasteiger partial charge on any atom is 0.310 e. The van der Waals surface area contributed by atoms with Crippen LogP contribution in [-0.4, -0.2) is 80.9 Å². The van der Waals surface area contributed by atoms with E-state index in [1.165, 1.54) is 4.90 Å². The van der Waals surface area contributed by atoms with Crippen LogP contribution in [0.1, 0.15) is 18.0 Å². The van der Waals surface area contributed by atoms with Gasteiger partial charge < -0.3 is 25.3 Å². The Balaban J connectivity index is 1.43. The molecule has 1 fully saturated rings. The summed E-state index contributed by atoms with van der Waals surface area (Å²) in [6.07, 6.45) is 0.788. The van der Waals surface area contributed by atoms with Crippen LogP contribution in [-0.2, 0) is 14.4 Å². The van der Waals surface area contributed by atoms with Gasteiger partial charge in [0.1, 0.15) is 6.04 Å². The molecule has 1 unspecified atom stereocenters. The van der Waals surface area contributed by atoms with Crippen molar-refractivity contribution in [3.05, 3.63) is 29.8 Å². The zero-order chi connectivity index (χ0) is 19.4. The van der Waals surface area contributed by atoms with Crippen molar-refractivity contribution < 1.29 is 14.4 Å². The zero-order valence-electron chi connectivity index (χ0n) is 15.9. The van der Waals surface area contributed by atoms with E-state index >= 15 is 0 Å². The lowest BCUT2D eigenvalue weighted by molar-refractivity contribution is -0.140. The number of rotatable bonds is 5. The molecule has 2 heterocycles. The number of para-hydroxylation sites is 1. The van der Waals surface area contributed by atoms with Crippen molar-refractivity contribution in [3.63, 3.8) is 0 Å². The molecule has 8 heteroatoms. The summed E-state index contributed by atoms with van der Waals surface area (Å²) in [5, 5.41) is 5.19. The van der Waals surface area contributed by atoms with Gasteiger partial charge in [0.15, 0.2) is 0 Å². The Kier molecular flexibility index (Phi) is 6.08. The van der Waals surface area contributed by atoms with Gasteiger partial charge in [0.2, 0.25) is 0 Å². The molecule has 0 saturated carbocycles. The smallest absolute Gasteiger partial charge is 0.310 e. The van der Waals surface area contributed by atoms with Crippen molar-refractivity contribution in [2.45, 2.75) is 12.5 Å². The number of carbonyl (C=O) groups excluding carboxylic acids is 3. The van der Waals surface area contributed by atoms with Gasteiger partial charge in [0.25, 0.3) is 5.91 Å². The molecule has 1 atom stereocenters. The number of piperazine rings is 1. The number of carbonyl (C=O) groups is 3. The van der Waals surface area contributed by atoms with E-state index in [2.05, 4.69) is 27.5 Å². The second-order valence-electron chi connectivity index (χ2n) is 7.12. The van der Waals surface area contributed by atoms with Gasteiger partial charge in [-0.25, -0.2) is 0 Å². The summed E-state index contributed by atoms with van der Waals surface area (Å²) in [6, 6.07) is 6.44. The maximum absolute atomic E-state index is 12.3. The van der Waals surface area contributed by atoms with Crippen molar-refractivity contribution in [1.82, 2.24) is 20.4 Å². The quantitative estimate of drug-likeness (QED) is 0.541. The first kappa shape index (κ1) is 19.3. The van der Waals surface area contributed by atoms with Crippen LogP contribution in [0.3, 0.4) is 0 Å². The van der Waals surface area contributed by atoms with E-state index < -0.39 is 17.9 Å². The van der Waals surface area contributed by atoms with E-state index in [-0.39, 0.29) is 5.91 Å². The summed E-state index contributed by atoms with van der Waals surface area (Å²) in [5.74, 6) is -1.72. The van der Waals surface area contributed by atoms with Gasteiger partial charge in [0, 0.05) is 51.0 Å². The highest BCUT2D eigenvalue weighted by Gasteiger charge is 2.36. The molecule has 1 aromatic carbocycles. The number of benzene rings is 1. The lowest BCUT2D eigenvalue weighted by Gasteiger charge is -2.32. The van der Waals surface area contributed by atoms with Crippen molar-refractivity contribution in [2.75, 3.05) is 58.3 Å². The highest BCUT2D eigenvalue weighted by molar-refractivity contribution is 6.35. The number of hydrogen-bond acceptors (Lipinski definition) is 5. The number of amides is 3. The van der Waals surface area contributed by atoms with Gasteiger partial charge in [-0.1, -0.05) is 18.2 Å². The molecule has 0 aliphatic carbocycles. The Hall–Kier alpha value is -2.45. The monoisotopic (exact) mass is 373 g/mol. The number of nitrogens with zero attached hydrogens (tertiary/aromatic N) is 3. The predicted molar refractivity (Wildman–Crippen MR) is 102 cm³/mol. The Labute approximate surface area is 159 Å². The number of anilines is 1. The predicted octanol–water partition coefficient (Wildman–Crippen LogP) is -0.426. The van der Waals surface area contributed by atoms with Crippen LogP contribution in [0.4, 0.5) is 5.69 Å². The molecular weight excluding hydrogens is 346 g/mol. The standard InChI is InChI=1S/C19H27N5O3/c1-22-10-12-24(13-11-22)9-5-8-20-17(25)18(26)21-16-14-6-3-4-7-15(14)23(2)19(16)27/h3-4,6-7,16H,5,8-13H2,1-2H3,(H,20,25)(H,21,26). The lowest BCUT2D eigenvalue weighted by Crippen LogP contribution is -2.46. The van der Waals surface area contributed by atoms with Crippen molar-refractivity contribution in [2.24, 2.45) is 0 Å². The summed E-state index contributed by atoms with van der Waals surface area (Å²) in [5.41, 5.74) is 1.46. The fourth-order valence-corrected chi connectivity index (χ4v) is 3.47. The largest absolute Gasteiger partial charge is 0.348 e. The zero-order valence-corrected chi connectivity index (χ0v) is 15.9. The van der Waals surface area contributed by atoms with E-state index in [1.54, 1.807) is 13.1 Å². The number of nitrogens with one attached hydrogen (secondary N) is 2. The van der Waals surface area contributed by atoms with Gasteiger partial charge in [0.05, 0.1) is 0 Å². The molecule has 3 amide bonds. The minimum atomic E-state index is -0.810. The van der Waals surface area contributed by atoms with Crippen LogP contribution in [0.25, 0.3) is 0 Å². The molecule has 0 aromatic heterocycles. The Morgan fingerprint density at radius 2 is 1.78 bits per heavy atom. The Morgan fingerprint density at radius 3 is 2.52 bits per heavy atom. The molecule has 8 nitrogen and oxygen atoms in total. The van der Waals surface area contributed by atoms with Crippen LogP contribution in [0.15, 0.2) is 24.3 Å². The fraction of sp³-hybridized carbons (Fsp3) is 0.526. The Morgan fingerprint density at radius 1 is 1.07 bits per heavy atom. The Bertz CT molecular complexity index is 715. The lowest BCUT2D eigenvalue weighted by atomic mass is 10.1. The molecule has 0 radical (unpaired) electrons. The number of likely N-dealkylation sites (N-methyl/N-ethyl adjacent to an activating group) is 2. The summed E-state index contributed by atoms with van der Waals surface area (Å²) < 4.78 is 0. The first-order chi connectivity index (χ1) is 13.0. The summed E-state index contributed by atoms with van der Waals surface area (Å²) in [4.78, 5) is 42.7. The van der Waals surface area contributed by atoms with Crippen molar-refractivity contribution in [3.8, 4) is 0 Å². The molecular formula is C19H27N5O3. The van der Waals surface area contributed by atoms with Crippen LogP contribution < -0.4 is 15.5 Å². The van der Waals surface area contributed by atoms with Crippen LogP contribution >= 0.6 is 0 Å². The topological polar surface area (TPSA) is 85.0 Å². The molecule has 1 aromatic rings. The summed E-state index contributed by atoms with van der Waals surface area (Å²) in [7, 11) is 3.77. The summed E-state index contributed by atoms with van der Waals surface area (Å²) >= 11 is 0. The highest BCUT2D eigenvalue weighted by Crippen LogP contribution is 2.34. The molecule has 27 heavy (non-hydrogen) atoms. The fourth-order valence-electron chi connectivity index (χ4n) is 3.47. The molecule has 0 bridgehead atoms. The number of hydrogen-bond donors (Lipinski definition) is 2. The van der Waals surface area contributed by atoms with E-state index in [1.807, 2.05) is 18.2 Å². The van der Waals surface area contributed by atoms with Gasteiger partial charge in [-0.3, -0.25) is 14.4 Å². The number of fused-ring (bicyclic) bond motifs is 1. The minimum Gasteiger partial charge on any atom is -0.348 e. The highest BCUT2D eigenvalue weighted by atomic mass is 16.2. The van der Waals surface area contributed by atoms with Crippen molar-refractivity contribution >= 4 is 23.4 Å². The summed E-state index contributed by atoms with van der Waals surface area (Å²) in [6.45, 7) is 5.51. The second kappa shape index (κ2) is 8.49. The molecule has 2 aliphatic rings. The molecule has 2 N–H and O–H groups in total. The average Bonchev–Trinajstić information content (AvgIpc) is 2.91. The molecule has 3 rings (SSSR count). The molecule has 2 aliphatic heterocycles. The molecule has 1 saturated heterocycles. The van der Waals surface area contributed by atoms with E-state index in [0.717, 1.165) is 44.8 Å². The first-order valence-electron chi connectivity index (χ1n) is 9.33. The van der Waals surface area contributed by atoms with Crippen LogP contribution in [0.5, 0.6) is 0 Å². The van der Waals surface area contributed by atoms with E-state index in [0.29, 0.717) is 12.1 Å². The maximum atomic E-state index is 12.3. The van der Waals surface area contributed by atoms with Gasteiger partial charge >= 0.3 is 11.8 Å². The van der Waals surface area contributed by atoms with Gasteiger partial charge in [-0.2, -0.15) is 0 Å². The van der Waals surface area contributed by atoms with Gasteiger partial charge in [-0.15, -0.1) is 0 Å². The first-order valence-corrected chi connectivity index (χ1v) is 9.33. The van der Waals surface area contributed by atoms with Crippen molar-refractivity contribution in [1.29, 1.82) is 0 Å². The molecule has 0 spiro atoms. The molecule has 146 valence electrons. The normalized spacial score (nSPS) is 20.4. The third-order valence-corrected chi connectivity index (χ3v) is 5.20. The van der Waals surface area contributed by atoms with E-state index in [4.69, 9.17) is 0 Å². The third kappa shape index (κ3) is 4.45. The third-order valence-electron chi connectivity index (χ3n) is 5.20. The second-order valence-corrected chi connectivity index (χ2v) is 7.12. The van der Waals surface area contributed by atoms with Gasteiger partial charge in [-0.05, 0) is 26.1 Å². The van der Waals surface area contributed by atoms with Crippen LogP contribution in [0, 0.1) is 0 Å².